The van der Waals surface area contributed by atoms with E-state index >= 15 is 0 Å². The van der Waals surface area contributed by atoms with Crippen molar-refractivity contribution in [2.24, 2.45) is 5.73 Å². The van der Waals surface area contributed by atoms with Gasteiger partial charge in [0.05, 0.1) is 4.47 Å². The molecular weight excluding hydrogens is 348 g/mol. The van der Waals surface area contributed by atoms with Crippen molar-refractivity contribution in [1.82, 2.24) is 0 Å². The van der Waals surface area contributed by atoms with E-state index < -0.39 is 11.6 Å². The average Bonchev–Trinajstić information content (AvgIpc) is 2.41. The SMILES string of the molecule is NC(=S)c1cccc(COc2ccc(Br)c(F)c2)c1F. The molecule has 2 N–H and O–H groups in total. The Hall–Kier alpha value is -1.53. The molecule has 0 atom stereocenters. The number of ether oxygens (including phenoxy) is 1. The topological polar surface area (TPSA) is 35.2 Å². The average molecular weight is 358 g/mol. The van der Waals surface area contributed by atoms with Crippen LogP contribution in [0.4, 0.5) is 8.78 Å². The van der Waals surface area contributed by atoms with Gasteiger partial charge in [0, 0.05) is 17.2 Å². The van der Waals surface area contributed by atoms with Crippen LogP contribution in [0.2, 0.25) is 0 Å². The zero-order chi connectivity index (χ0) is 14.7. The molecule has 2 rings (SSSR count). The summed E-state index contributed by atoms with van der Waals surface area (Å²) in [5, 5.41) is 0. The number of rotatable bonds is 4. The second kappa shape index (κ2) is 6.28. The predicted molar refractivity (Wildman–Crippen MR) is 80.7 cm³/mol. The Bertz CT molecular complexity index is 664. The van der Waals surface area contributed by atoms with Crippen LogP contribution in [0.3, 0.4) is 0 Å². The Morgan fingerprint density at radius 2 is 2.00 bits per heavy atom. The molecule has 0 aliphatic carbocycles. The molecule has 0 saturated heterocycles. The summed E-state index contributed by atoms with van der Waals surface area (Å²) in [6.07, 6.45) is 0. The number of hydrogen-bond acceptors (Lipinski definition) is 2. The van der Waals surface area contributed by atoms with E-state index in [9.17, 15) is 8.78 Å². The summed E-state index contributed by atoms with van der Waals surface area (Å²) in [7, 11) is 0. The Morgan fingerprint density at radius 3 is 2.65 bits per heavy atom. The van der Waals surface area contributed by atoms with Gasteiger partial charge in [-0.3, -0.25) is 0 Å². The van der Waals surface area contributed by atoms with Gasteiger partial charge in [0.1, 0.15) is 29.0 Å². The molecule has 0 aliphatic rings. The molecule has 20 heavy (non-hydrogen) atoms. The lowest BCUT2D eigenvalue weighted by Crippen LogP contribution is -2.13. The lowest BCUT2D eigenvalue weighted by atomic mass is 10.1. The lowest BCUT2D eigenvalue weighted by molar-refractivity contribution is 0.298. The Kier molecular flexibility index (Phi) is 4.67. The van der Waals surface area contributed by atoms with Crippen LogP contribution in [-0.2, 0) is 6.61 Å². The van der Waals surface area contributed by atoms with Gasteiger partial charge < -0.3 is 10.5 Å². The number of halogens is 3. The molecule has 0 amide bonds. The fourth-order valence-electron chi connectivity index (χ4n) is 1.61. The maximum Gasteiger partial charge on any atom is 0.141 e. The lowest BCUT2D eigenvalue weighted by Gasteiger charge is -2.09. The van der Waals surface area contributed by atoms with Crippen LogP contribution in [0.5, 0.6) is 5.75 Å². The van der Waals surface area contributed by atoms with Crippen molar-refractivity contribution in [3.05, 3.63) is 63.6 Å². The first-order chi connectivity index (χ1) is 9.49. The van der Waals surface area contributed by atoms with E-state index in [0.29, 0.717) is 15.8 Å². The molecule has 2 aromatic rings. The fourth-order valence-corrected chi connectivity index (χ4v) is 2.01. The highest BCUT2D eigenvalue weighted by Crippen LogP contribution is 2.22. The summed E-state index contributed by atoms with van der Waals surface area (Å²) >= 11 is 7.80. The molecule has 0 spiro atoms. The largest absolute Gasteiger partial charge is 0.489 e. The molecule has 0 saturated carbocycles. The van der Waals surface area contributed by atoms with Crippen LogP contribution >= 0.6 is 28.1 Å². The van der Waals surface area contributed by atoms with Gasteiger partial charge in [0.2, 0.25) is 0 Å². The van der Waals surface area contributed by atoms with Crippen LogP contribution in [0.1, 0.15) is 11.1 Å². The van der Waals surface area contributed by atoms with Gasteiger partial charge in [-0.05, 0) is 34.1 Å². The summed E-state index contributed by atoms with van der Waals surface area (Å²) in [6, 6.07) is 9.03. The first-order valence-corrected chi connectivity index (χ1v) is 6.84. The molecule has 0 radical (unpaired) electrons. The van der Waals surface area contributed by atoms with Gasteiger partial charge in [0.25, 0.3) is 0 Å². The molecule has 6 heteroatoms. The van der Waals surface area contributed by atoms with E-state index in [1.165, 1.54) is 18.2 Å². The van der Waals surface area contributed by atoms with Crippen LogP contribution < -0.4 is 10.5 Å². The third kappa shape index (κ3) is 3.32. The maximum atomic E-state index is 14.0. The van der Waals surface area contributed by atoms with E-state index in [1.807, 2.05) is 0 Å². The summed E-state index contributed by atoms with van der Waals surface area (Å²) < 4.78 is 33.1. The minimum Gasteiger partial charge on any atom is -0.489 e. The molecular formula is C14H10BrF2NOS. The highest BCUT2D eigenvalue weighted by atomic mass is 79.9. The summed E-state index contributed by atoms with van der Waals surface area (Å²) in [6.45, 7) is -0.0383. The Morgan fingerprint density at radius 1 is 1.25 bits per heavy atom. The van der Waals surface area contributed by atoms with Gasteiger partial charge in [0.15, 0.2) is 0 Å². The van der Waals surface area contributed by atoms with Crippen LogP contribution in [-0.4, -0.2) is 4.99 Å². The number of benzene rings is 2. The predicted octanol–water partition coefficient (Wildman–Crippen LogP) is 3.94. The normalized spacial score (nSPS) is 10.3. The molecule has 0 heterocycles. The summed E-state index contributed by atoms with van der Waals surface area (Å²) in [5.41, 5.74) is 5.90. The van der Waals surface area contributed by atoms with Crippen molar-refractivity contribution in [2.45, 2.75) is 6.61 Å². The molecule has 0 fully saturated rings. The van der Waals surface area contributed by atoms with E-state index in [2.05, 4.69) is 15.9 Å². The standard InChI is InChI=1S/C14H10BrF2NOS/c15-11-5-4-9(6-12(11)16)19-7-8-2-1-3-10(13(8)17)14(18)20/h1-6H,7H2,(H2,18,20). The highest BCUT2D eigenvalue weighted by molar-refractivity contribution is 9.10. The first kappa shape index (κ1) is 14.9. The maximum absolute atomic E-state index is 14.0. The quantitative estimate of drug-likeness (QED) is 0.841. The number of hydrogen-bond donors (Lipinski definition) is 1. The number of thiocarbonyl (C=S) groups is 1. The van der Waals surface area contributed by atoms with Gasteiger partial charge >= 0.3 is 0 Å². The Balaban J connectivity index is 2.17. The molecule has 0 aromatic heterocycles. The van der Waals surface area contributed by atoms with Crippen molar-refractivity contribution in [2.75, 3.05) is 0 Å². The first-order valence-electron chi connectivity index (χ1n) is 5.64. The van der Waals surface area contributed by atoms with Gasteiger partial charge in [-0.2, -0.15) is 0 Å². The van der Waals surface area contributed by atoms with E-state index in [1.54, 1.807) is 18.2 Å². The zero-order valence-electron chi connectivity index (χ0n) is 10.2. The van der Waals surface area contributed by atoms with E-state index in [-0.39, 0.29) is 17.2 Å². The Labute approximate surface area is 128 Å². The molecule has 2 aromatic carbocycles. The second-order valence-electron chi connectivity index (χ2n) is 4.01. The third-order valence-corrected chi connectivity index (χ3v) is 3.49. The van der Waals surface area contributed by atoms with Crippen LogP contribution in [0.15, 0.2) is 40.9 Å². The summed E-state index contributed by atoms with van der Waals surface area (Å²) in [4.78, 5) is -0.0148. The smallest absolute Gasteiger partial charge is 0.141 e. The van der Waals surface area contributed by atoms with Crippen molar-refractivity contribution < 1.29 is 13.5 Å². The molecule has 104 valence electrons. The fraction of sp³-hybridized carbons (Fsp3) is 0.0714. The van der Waals surface area contributed by atoms with E-state index in [4.69, 9.17) is 22.7 Å². The molecule has 2 nitrogen and oxygen atoms in total. The minimum atomic E-state index is -0.516. The summed E-state index contributed by atoms with van der Waals surface area (Å²) in [5.74, 6) is -0.650. The third-order valence-electron chi connectivity index (χ3n) is 2.63. The number of nitrogens with two attached hydrogens (primary N) is 1. The monoisotopic (exact) mass is 357 g/mol. The van der Waals surface area contributed by atoms with Crippen molar-refractivity contribution >= 4 is 33.1 Å². The minimum absolute atomic E-state index is 0.0148. The van der Waals surface area contributed by atoms with Gasteiger partial charge in [-0.1, -0.05) is 24.4 Å². The van der Waals surface area contributed by atoms with E-state index in [0.717, 1.165) is 0 Å². The van der Waals surface area contributed by atoms with Crippen molar-refractivity contribution in [1.29, 1.82) is 0 Å². The van der Waals surface area contributed by atoms with Crippen molar-refractivity contribution in [3.8, 4) is 5.75 Å². The molecule has 0 bridgehead atoms. The van der Waals surface area contributed by atoms with Crippen LogP contribution in [0.25, 0.3) is 0 Å². The molecule has 0 aliphatic heterocycles. The van der Waals surface area contributed by atoms with Gasteiger partial charge in [-0.15, -0.1) is 0 Å². The van der Waals surface area contributed by atoms with Crippen LogP contribution in [0, 0.1) is 11.6 Å². The zero-order valence-corrected chi connectivity index (χ0v) is 12.6. The second-order valence-corrected chi connectivity index (χ2v) is 5.30. The highest BCUT2D eigenvalue weighted by Gasteiger charge is 2.10. The van der Waals surface area contributed by atoms with Gasteiger partial charge in [-0.25, -0.2) is 8.78 Å². The van der Waals surface area contributed by atoms with Crippen molar-refractivity contribution in [3.63, 3.8) is 0 Å². The molecule has 0 unspecified atom stereocenters.